The summed E-state index contributed by atoms with van der Waals surface area (Å²) >= 11 is 0. The van der Waals surface area contributed by atoms with Gasteiger partial charge in [-0.25, -0.2) is 13.8 Å². The highest BCUT2D eigenvalue weighted by Gasteiger charge is 2.18. The Morgan fingerprint density at radius 2 is 1.88 bits per heavy atom. The minimum atomic E-state index is -0.612. The van der Waals surface area contributed by atoms with E-state index in [4.69, 9.17) is 4.52 Å². The molecule has 2 aromatic heterocycles. The Morgan fingerprint density at radius 1 is 1.04 bits per heavy atom. The van der Waals surface area contributed by atoms with E-state index in [1.54, 1.807) is 12.3 Å². The summed E-state index contributed by atoms with van der Waals surface area (Å²) in [6.45, 7) is 1.95. The van der Waals surface area contributed by atoms with Gasteiger partial charge in [0.25, 0.3) is 5.89 Å². The summed E-state index contributed by atoms with van der Waals surface area (Å²) in [6, 6.07) is 6.75. The van der Waals surface area contributed by atoms with Crippen LogP contribution in [0.5, 0.6) is 0 Å². The van der Waals surface area contributed by atoms with Crippen molar-refractivity contribution in [2.75, 3.05) is 18.0 Å². The van der Waals surface area contributed by atoms with Crippen LogP contribution in [0.25, 0.3) is 22.8 Å². The highest BCUT2D eigenvalue weighted by Crippen LogP contribution is 2.27. The number of hydrogen-bond acceptors (Lipinski definition) is 5. The average molecular weight is 328 g/mol. The first-order valence-corrected chi connectivity index (χ1v) is 7.71. The van der Waals surface area contributed by atoms with Gasteiger partial charge < -0.3 is 9.42 Å². The molecule has 0 spiro atoms. The normalized spacial score (nSPS) is 14.3. The summed E-state index contributed by atoms with van der Waals surface area (Å²) in [5.74, 6) is -0.0585. The molecule has 24 heavy (non-hydrogen) atoms. The molecule has 5 nitrogen and oxygen atoms in total. The van der Waals surface area contributed by atoms with E-state index in [2.05, 4.69) is 20.0 Å². The highest BCUT2D eigenvalue weighted by molar-refractivity contribution is 5.63. The van der Waals surface area contributed by atoms with Gasteiger partial charge in [0.1, 0.15) is 17.5 Å². The summed E-state index contributed by atoms with van der Waals surface area (Å²) in [4.78, 5) is 10.7. The molecular weight excluding hydrogens is 314 g/mol. The molecule has 0 atom stereocenters. The van der Waals surface area contributed by atoms with Gasteiger partial charge in [-0.1, -0.05) is 5.16 Å². The number of pyridine rings is 1. The highest BCUT2D eigenvalue weighted by atomic mass is 19.1. The van der Waals surface area contributed by atoms with E-state index in [0.29, 0.717) is 5.82 Å². The molecule has 1 fully saturated rings. The molecule has 1 aromatic carbocycles. The number of benzene rings is 1. The molecule has 1 saturated heterocycles. The van der Waals surface area contributed by atoms with Crippen LogP contribution < -0.4 is 4.90 Å². The van der Waals surface area contributed by atoms with Crippen LogP contribution in [0.1, 0.15) is 12.8 Å². The number of halogens is 2. The summed E-state index contributed by atoms with van der Waals surface area (Å²) in [5.41, 5.74) is 0.668. The van der Waals surface area contributed by atoms with Gasteiger partial charge in [0.2, 0.25) is 5.82 Å². The standard InChI is InChI=1S/C17H14F2N4O/c18-12-3-4-14(19)13(10-12)17-21-16(22-24-17)11-5-6-20-15(9-11)23-7-1-2-8-23/h3-6,9-10H,1-2,7-8H2. The fourth-order valence-electron chi connectivity index (χ4n) is 2.79. The van der Waals surface area contributed by atoms with Crippen molar-refractivity contribution in [3.8, 4) is 22.8 Å². The second-order valence-corrected chi connectivity index (χ2v) is 5.64. The van der Waals surface area contributed by atoms with Crippen molar-refractivity contribution < 1.29 is 13.3 Å². The second kappa shape index (κ2) is 5.99. The Bertz CT molecular complexity index is 875. The van der Waals surface area contributed by atoms with E-state index in [9.17, 15) is 8.78 Å². The molecule has 0 amide bonds. The van der Waals surface area contributed by atoms with Gasteiger partial charge in [0, 0.05) is 24.8 Å². The van der Waals surface area contributed by atoms with Crippen molar-refractivity contribution in [2.24, 2.45) is 0 Å². The summed E-state index contributed by atoms with van der Waals surface area (Å²) in [7, 11) is 0. The van der Waals surface area contributed by atoms with Crippen LogP contribution in [0.15, 0.2) is 41.1 Å². The fourth-order valence-corrected chi connectivity index (χ4v) is 2.79. The molecular formula is C17H14F2N4O. The zero-order chi connectivity index (χ0) is 16.5. The SMILES string of the molecule is Fc1ccc(F)c(-c2nc(-c3ccnc(N4CCCC4)c3)no2)c1. The maximum atomic E-state index is 13.8. The number of aromatic nitrogens is 3. The maximum absolute atomic E-state index is 13.8. The van der Waals surface area contributed by atoms with Gasteiger partial charge in [0.05, 0.1) is 5.56 Å². The minimum absolute atomic E-state index is 0.0532. The molecule has 0 radical (unpaired) electrons. The Balaban J connectivity index is 1.67. The lowest BCUT2D eigenvalue weighted by Gasteiger charge is -2.16. The van der Waals surface area contributed by atoms with E-state index >= 15 is 0 Å². The maximum Gasteiger partial charge on any atom is 0.261 e. The van der Waals surface area contributed by atoms with E-state index in [0.717, 1.165) is 55.5 Å². The van der Waals surface area contributed by atoms with Gasteiger partial charge in [-0.2, -0.15) is 4.98 Å². The molecule has 0 unspecified atom stereocenters. The largest absolute Gasteiger partial charge is 0.357 e. The Kier molecular flexibility index (Phi) is 3.68. The van der Waals surface area contributed by atoms with Crippen LogP contribution >= 0.6 is 0 Å². The third kappa shape index (κ3) is 2.73. The van der Waals surface area contributed by atoms with Crippen LogP contribution in [-0.4, -0.2) is 28.2 Å². The molecule has 1 aliphatic rings. The van der Waals surface area contributed by atoms with Crippen molar-refractivity contribution in [2.45, 2.75) is 12.8 Å². The Hall–Kier alpha value is -2.83. The number of rotatable bonds is 3. The summed E-state index contributed by atoms with van der Waals surface area (Å²) in [6.07, 6.45) is 3.98. The Morgan fingerprint density at radius 3 is 2.71 bits per heavy atom. The third-order valence-corrected chi connectivity index (χ3v) is 4.02. The lowest BCUT2D eigenvalue weighted by atomic mass is 10.2. The summed E-state index contributed by atoms with van der Waals surface area (Å²) < 4.78 is 32.2. The van der Waals surface area contributed by atoms with Crippen LogP contribution in [0.2, 0.25) is 0 Å². The van der Waals surface area contributed by atoms with E-state index in [-0.39, 0.29) is 11.5 Å². The smallest absolute Gasteiger partial charge is 0.261 e. The van der Waals surface area contributed by atoms with E-state index in [1.807, 2.05) is 6.07 Å². The second-order valence-electron chi connectivity index (χ2n) is 5.64. The molecule has 3 aromatic rings. The molecule has 1 aliphatic heterocycles. The molecule has 0 saturated carbocycles. The van der Waals surface area contributed by atoms with E-state index < -0.39 is 11.6 Å². The monoisotopic (exact) mass is 328 g/mol. The van der Waals surface area contributed by atoms with Crippen LogP contribution in [0.4, 0.5) is 14.6 Å². The van der Waals surface area contributed by atoms with Gasteiger partial charge in [-0.05, 0) is 43.2 Å². The lowest BCUT2D eigenvalue weighted by Crippen LogP contribution is -2.18. The molecule has 7 heteroatoms. The number of hydrogen-bond donors (Lipinski definition) is 0. The molecule has 4 rings (SSSR count). The topological polar surface area (TPSA) is 55.1 Å². The minimum Gasteiger partial charge on any atom is -0.357 e. The van der Waals surface area contributed by atoms with Gasteiger partial charge in [-0.15, -0.1) is 0 Å². The van der Waals surface area contributed by atoms with Crippen molar-refractivity contribution in [3.05, 3.63) is 48.2 Å². The van der Waals surface area contributed by atoms with Crippen molar-refractivity contribution in [1.29, 1.82) is 0 Å². The van der Waals surface area contributed by atoms with Crippen molar-refractivity contribution >= 4 is 5.82 Å². The van der Waals surface area contributed by atoms with E-state index in [1.165, 1.54) is 0 Å². The van der Waals surface area contributed by atoms with Gasteiger partial charge in [0.15, 0.2) is 0 Å². The van der Waals surface area contributed by atoms with Crippen LogP contribution in [-0.2, 0) is 0 Å². The molecule has 0 N–H and O–H groups in total. The zero-order valence-electron chi connectivity index (χ0n) is 12.7. The predicted octanol–water partition coefficient (Wildman–Crippen LogP) is 3.68. The lowest BCUT2D eigenvalue weighted by molar-refractivity contribution is 0.429. The number of nitrogens with zero attached hydrogens (tertiary/aromatic N) is 4. The molecule has 0 aliphatic carbocycles. The first kappa shape index (κ1) is 14.7. The summed E-state index contributed by atoms with van der Waals surface area (Å²) in [5, 5.41) is 3.88. The Labute approximate surface area is 136 Å². The first-order chi connectivity index (χ1) is 11.7. The van der Waals surface area contributed by atoms with Crippen LogP contribution in [0.3, 0.4) is 0 Å². The van der Waals surface area contributed by atoms with Crippen LogP contribution in [0, 0.1) is 11.6 Å². The first-order valence-electron chi connectivity index (χ1n) is 7.71. The average Bonchev–Trinajstić information content (AvgIpc) is 3.29. The zero-order valence-corrected chi connectivity index (χ0v) is 12.7. The molecule has 0 bridgehead atoms. The van der Waals surface area contributed by atoms with Gasteiger partial charge in [-0.3, -0.25) is 0 Å². The predicted molar refractivity (Wildman–Crippen MR) is 84.3 cm³/mol. The third-order valence-electron chi connectivity index (χ3n) is 4.02. The fraction of sp³-hybridized carbons (Fsp3) is 0.235. The van der Waals surface area contributed by atoms with Gasteiger partial charge >= 0.3 is 0 Å². The molecule has 3 heterocycles. The van der Waals surface area contributed by atoms with Crippen molar-refractivity contribution in [3.63, 3.8) is 0 Å². The quantitative estimate of drug-likeness (QED) is 0.734. The van der Waals surface area contributed by atoms with Crippen molar-refractivity contribution in [1.82, 2.24) is 15.1 Å². The molecule has 122 valence electrons. The number of anilines is 1.